The molecule has 2 aromatic heterocycles. The number of nitrogens with zero attached hydrogens (tertiary/aromatic N) is 5. The van der Waals surface area contributed by atoms with E-state index in [1.165, 1.54) is 4.68 Å². The maximum absolute atomic E-state index is 12.8. The summed E-state index contributed by atoms with van der Waals surface area (Å²) in [4.78, 5) is 23.9. The molecule has 142 valence electrons. The molecule has 1 aromatic carbocycles. The zero-order chi connectivity index (χ0) is 19.9. The van der Waals surface area contributed by atoms with Crippen LogP contribution >= 0.6 is 0 Å². The monoisotopic (exact) mass is 385 g/mol. The van der Waals surface area contributed by atoms with Gasteiger partial charge in [-0.25, -0.2) is 14.6 Å². The average molecular weight is 385 g/mol. The number of amides is 1. The van der Waals surface area contributed by atoms with Gasteiger partial charge in [-0.15, -0.1) is 0 Å². The number of alkyl halides is 3. The normalized spacial score (nSPS) is 13.6. The van der Waals surface area contributed by atoms with Crippen LogP contribution in [0.15, 0.2) is 41.5 Å². The van der Waals surface area contributed by atoms with Crippen LogP contribution in [0.25, 0.3) is 11.8 Å². The number of carbonyl (C=O) groups is 1. The standard InChI is InChI=1S/C19H14F3N5O/c1-11-8-15(19(20,21)22)26-27(11)14-5-2-12(3-6-14)9-16-23-10-13-4-7-17(28)25-18(13)24-16/h2-6,8,10H,7,9H2,1H3. The van der Waals surface area contributed by atoms with Gasteiger partial charge in [-0.3, -0.25) is 4.79 Å². The number of fused-ring (bicyclic) bond motifs is 1. The molecule has 0 atom stereocenters. The van der Waals surface area contributed by atoms with E-state index in [1.54, 1.807) is 43.5 Å². The first kappa shape index (κ1) is 18.0. The summed E-state index contributed by atoms with van der Waals surface area (Å²) in [7, 11) is 0. The van der Waals surface area contributed by atoms with Crippen molar-refractivity contribution in [2.24, 2.45) is 4.99 Å². The van der Waals surface area contributed by atoms with Gasteiger partial charge in [0.1, 0.15) is 5.82 Å². The minimum absolute atomic E-state index is 0.241. The molecule has 3 aromatic rings. The first-order valence-electron chi connectivity index (χ1n) is 8.46. The lowest BCUT2D eigenvalue weighted by Gasteiger charge is -2.07. The highest BCUT2D eigenvalue weighted by molar-refractivity contribution is 5.82. The van der Waals surface area contributed by atoms with Crippen LogP contribution in [0.2, 0.25) is 0 Å². The Morgan fingerprint density at radius 3 is 2.61 bits per heavy atom. The molecule has 0 saturated heterocycles. The second-order valence-corrected chi connectivity index (χ2v) is 6.40. The Labute approximate surface area is 157 Å². The van der Waals surface area contributed by atoms with Crippen molar-refractivity contribution in [3.8, 4) is 5.69 Å². The van der Waals surface area contributed by atoms with Gasteiger partial charge in [0.05, 0.1) is 5.69 Å². The summed E-state index contributed by atoms with van der Waals surface area (Å²) in [5, 5.41) is 4.37. The van der Waals surface area contributed by atoms with Crippen molar-refractivity contribution >= 4 is 12.0 Å². The van der Waals surface area contributed by atoms with Gasteiger partial charge < -0.3 is 0 Å². The summed E-state index contributed by atoms with van der Waals surface area (Å²) in [5.41, 5.74) is 1.23. The lowest BCUT2D eigenvalue weighted by molar-refractivity contribution is -0.141. The summed E-state index contributed by atoms with van der Waals surface area (Å²) in [5.74, 6) is 0.266. The van der Waals surface area contributed by atoms with Gasteiger partial charge in [-0.1, -0.05) is 18.2 Å². The number of aryl methyl sites for hydroxylation is 1. The topological polar surface area (TPSA) is 73.0 Å². The van der Waals surface area contributed by atoms with E-state index < -0.39 is 11.9 Å². The predicted octanol–water partition coefficient (Wildman–Crippen LogP) is 1.91. The minimum atomic E-state index is -4.48. The van der Waals surface area contributed by atoms with Crippen LogP contribution in [0.5, 0.6) is 0 Å². The summed E-state index contributed by atoms with van der Waals surface area (Å²) < 4.78 is 39.7. The van der Waals surface area contributed by atoms with E-state index in [4.69, 9.17) is 0 Å². The molecule has 0 N–H and O–H groups in total. The van der Waals surface area contributed by atoms with Gasteiger partial charge in [-0.2, -0.15) is 23.3 Å². The molecule has 28 heavy (non-hydrogen) atoms. The zero-order valence-corrected chi connectivity index (χ0v) is 14.7. The van der Waals surface area contributed by atoms with Gasteiger partial charge in [-0.05, 0) is 30.7 Å². The Morgan fingerprint density at radius 2 is 1.93 bits per heavy atom. The summed E-state index contributed by atoms with van der Waals surface area (Å²) in [6.07, 6.45) is -0.453. The number of carbonyl (C=O) groups excluding carboxylic acids is 1. The van der Waals surface area contributed by atoms with Crippen LogP contribution in [-0.2, 0) is 17.4 Å². The molecule has 6 nitrogen and oxygen atoms in total. The predicted molar refractivity (Wildman–Crippen MR) is 93.0 cm³/mol. The molecule has 1 aliphatic heterocycles. The SMILES string of the molecule is Cc1cc(C(F)(F)F)nn1-c1ccc(Cc2ncc3c(n2)=NC(=O)CC=3)cc1. The highest BCUT2D eigenvalue weighted by atomic mass is 19.4. The lowest BCUT2D eigenvalue weighted by atomic mass is 10.1. The van der Waals surface area contributed by atoms with Crippen molar-refractivity contribution in [1.29, 1.82) is 0 Å². The van der Waals surface area contributed by atoms with E-state index >= 15 is 0 Å². The van der Waals surface area contributed by atoms with Crippen molar-refractivity contribution < 1.29 is 18.0 Å². The third kappa shape index (κ3) is 3.55. The summed E-state index contributed by atoms with van der Waals surface area (Å²) in [6, 6.07) is 7.95. The molecule has 4 rings (SSSR count). The summed E-state index contributed by atoms with van der Waals surface area (Å²) in [6.45, 7) is 1.57. The smallest absolute Gasteiger partial charge is 0.272 e. The average Bonchev–Trinajstić information content (AvgIpc) is 3.04. The molecule has 9 heteroatoms. The molecular weight excluding hydrogens is 371 g/mol. The first-order valence-corrected chi connectivity index (χ1v) is 8.46. The molecule has 0 spiro atoms. The number of halogens is 3. The molecular formula is C19H14F3N5O. The molecule has 1 amide bonds. The largest absolute Gasteiger partial charge is 0.435 e. The zero-order valence-electron chi connectivity index (χ0n) is 14.7. The van der Waals surface area contributed by atoms with E-state index in [9.17, 15) is 18.0 Å². The van der Waals surface area contributed by atoms with Crippen LogP contribution in [0.3, 0.4) is 0 Å². The Morgan fingerprint density at radius 1 is 1.18 bits per heavy atom. The van der Waals surface area contributed by atoms with E-state index in [-0.39, 0.29) is 12.3 Å². The second kappa shape index (κ2) is 6.66. The molecule has 0 unspecified atom stereocenters. The maximum atomic E-state index is 12.8. The van der Waals surface area contributed by atoms with Crippen LogP contribution < -0.4 is 10.7 Å². The van der Waals surface area contributed by atoms with Crippen molar-refractivity contribution in [3.63, 3.8) is 0 Å². The highest BCUT2D eigenvalue weighted by Gasteiger charge is 2.34. The minimum Gasteiger partial charge on any atom is -0.272 e. The van der Waals surface area contributed by atoms with Gasteiger partial charge in [0, 0.05) is 30.0 Å². The third-order valence-corrected chi connectivity index (χ3v) is 4.29. The van der Waals surface area contributed by atoms with E-state index in [1.807, 2.05) is 0 Å². The fourth-order valence-electron chi connectivity index (χ4n) is 2.91. The van der Waals surface area contributed by atoms with Crippen molar-refractivity contribution in [1.82, 2.24) is 19.7 Å². The van der Waals surface area contributed by atoms with Crippen LogP contribution in [0, 0.1) is 6.92 Å². The highest BCUT2D eigenvalue weighted by Crippen LogP contribution is 2.29. The molecule has 0 saturated carbocycles. The molecule has 0 aliphatic carbocycles. The van der Waals surface area contributed by atoms with Crippen molar-refractivity contribution in [2.45, 2.75) is 25.9 Å². The molecule has 0 bridgehead atoms. The van der Waals surface area contributed by atoms with Gasteiger partial charge >= 0.3 is 6.18 Å². The lowest BCUT2D eigenvalue weighted by Crippen LogP contribution is -2.34. The quantitative estimate of drug-likeness (QED) is 0.691. The summed E-state index contributed by atoms with van der Waals surface area (Å²) >= 11 is 0. The second-order valence-electron chi connectivity index (χ2n) is 6.40. The number of rotatable bonds is 3. The number of hydrogen-bond acceptors (Lipinski definition) is 4. The molecule has 0 fully saturated rings. The van der Waals surface area contributed by atoms with Crippen LogP contribution in [-0.4, -0.2) is 25.7 Å². The molecule has 1 aliphatic rings. The van der Waals surface area contributed by atoms with Gasteiger partial charge in [0.15, 0.2) is 11.2 Å². The van der Waals surface area contributed by atoms with Crippen molar-refractivity contribution in [2.75, 3.05) is 0 Å². The Hall–Kier alpha value is -3.36. The maximum Gasteiger partial charge on any atom is 0.435 e. The molecule has 3 heterocycles. The van der Waals surface area contributed by atoms with E-state index in [0.29, 0.717) is 29.1 Å². The number of aromatic nitrogens is 4. The third-order valence-electron chi connectivity index (χ3n) is 4.29. The van der Waals surface area contributed by atoms with Gasteiger partial charge in [0.2, 0.25) is 0 Å². The van der Waals surface area contributed by atoms with E-state index in [2.05, 4.69) is 20.1 Å². The Balaban J connectivity index is 1.58. The Kier molecular flexibility index (Phi) is 4.29. The molecule has 0 radical (unpaired) electrons. The number of hydrogen-bond donors (Lipinski definition) is 0. The van der Waals surface area contributed by atoms with Gasteiger partial charge in [0.25, 0.3) is 5.91 Å². The first-order chi connectivity index (χ1) is 13.3. The fraction of sp³-hybridized carbons (Fsp3) is 0.211. The van der Waals surface area contributed by atoms with Crippen LogP contribution in [0.4, 0.5) is 13.2 Å². The van der Waals surface area contributed by atoms with Crippen LogP contribution in [0.1, 0.15) is 29.2 Å². The Bertz CT molecular complexity index is 1180. The number of benzene rings is 1. The van der Waals surface area contributed by atoms with E-state index in [0.717, 1.165) is 16.8 Å². The van der Waals surface area contributed by atoms with Crippen molar-refractivity contribution in [3.05, 3.63) is 70.0 Å². The fourth-order valence-corrected chi connectivity index (χ4v) is 2.91.